The van der Waals surface area contributed by atoms with E-state index in [4.69, 9.17) is 9.47 Å². The third kappa shape index (κ3) is 5.59. The monoisotopic (exact) mass is 472 g/mol. The molecular weight excluding hydrogens is 452 g/mol. The Morgan fingerprint density at radius 1 is 0.686 bits per heavy atom. The van der Waals surface area contributed by atoms with Gasteiger partial charge in [0.05, 0.1) is 0 Å². The number of para-hydroxylation sites is 1. The van der Waals surface area contributed by atoms with E-state index in [2.05, 4.69) is 10.6 Å². The summed E-state index contributed by atoms with van der Waals surface area (Å²) < 4.78 is 10.1. The van der Waals surface area contributed by atoms with Gasteiger partial charge in [0, 0.05) is 27.9 Å². The van der Waals surface area contributed by atoms with E-state index in [0.717, 1.165) is 0 Å². The molecule has 4 rings (SSSR count). The number of carbonyl (C=O) groups is 5. The van der Waals surface area contributed by atoms with Crippen LogP contribution in [0, 0.1) is 0 Å². The van der Waals surface area contributed by atoms with E-state index < -0.39 is 30.9 Å². The van der Waals surface area contributed by atoms with E-state index >= 15 is 0 Å². The zero-order chi connectivity index (χ0) is 24.8. The second-order valence-electron chi connectivity index (χ2n) is 7.55. The minimum Gasteiger partial charge on any atom is -0.484 e. The average molecular weight is 472 g/mol. The van der Waals surface area contributed by atoms with Crippen molar-refractivity contribution in [3.63, 3.8) is 0 Å². The van der Waals surface area contributed by atoms with Crippen molar-refractivity contribution in [2.75, 3.05) is 25.1 Å². The molecule has 0 atom stereocenters. The molecule has 0 heterocycles. The van der Waals surface area contributed by atoms with Crippen LogP contribution in [0.15, 0.2) is 72.8 Å². The molecule has 9 nitrogen and oxygen atoms in total. The van der Waals surface area contributed by atoms with Gasteiger partial charge in [0.15, 0.2) is 24.8 Å². The number of rotatable bonds is 8. The molecule has 0 radical (unpaired) electrons. The predicted octanol–water partition coefficient (Wildman–Crippen LogP) is 2.14. The Hall–Kier alpha value is -4.79. The first-order chi connectivity index (χ1) is 16.9. The van der Waals surface area contributed by atoms with Crippen LogP contribution in [0.1, 0.15) is 31.8 Å². The summed E-state index contributed by atoms with van der Waals surface area (Å²) in [7, 11) is 0. The lowest BCUT2D eigenvalue weighted by Gasteiger charge is -2.18. The van der Waals surface area contributed by atoms with Crippen molar-refractivity contribution in [3.8, 4) is 5.75 Å². The van der Waals surface area contributed by atoms with Crippen LogP contribution in [-0.4, -0.2) is 49.1 Å². The Kier molecular flexibility index (Phi) is 6.96. The van der Waals surface area contributed by atoms with Crippen LogP contribution >= 0.6 is 0 Å². The number of ether oxygens (including phenoxy) is 2. The van der Waals surface area contributed by atoms with Crippen molar-refractivity contribution in [2.24, 2.45) is 0 Å². The molecule has 0 unspecified atom stereocenters. The highest BCUT2D eigenvalue weighted by Gasteiger charge is 2.29. The molecule has 0 fully saturated rings. The van der Waals surface area contributed by atoms with Crippen LogP contribution in [0.2, 0.25) is 0 Å². The number of carbonyl (C=O) groups excluding carboxylic acids is 5. The van der Waals surface area contributed by atoms with Crippen molar-refractivity contribution in [1.29, 1.82) is 0 Å². The number of amides is 2. The topological polar surface area (TPSA) is 128 Å². The average Bonchev–Trinajstić information content (AvgIpc) is 2.88. The van der Waals surface area contributed by atoms with Crippen molar-refractivity contribution >= 4 is 35.0 Å². The van der Waals surface area contributed by atoms with Crippen LogP contribution in [0.4, 0.5) is 5.69 Å². The molecule has 0 saturated heterocycles. The summed E-state index contributed by atoms with van der Waals surface area (Å²) in [5, 5.41) is 4.86. The molecule has 1 aliphatic carbocycles. The number of anilines is 1. The molecule has 0 aromatic heterocycles. The summed E-state index contributed by atoms with van der Waals surface area (Å²) in [6, 6.07) is 19.6. The van der Waals surface area contributed by atoms with Gasteiger partial charge in [-0.15, -0.1) is 0 Å². The largest absolute Gasteiger partial charge is 0.484 e. The van der Waals surface area contributed by atoms with Crippen LogP contribution in [0.25, 0.3) is 0 Å². The molecule has 1 aliphatic rings. The molecule has 35 heavy (non-hydrogen) atoms. The molecule has 176 valence electrons. The van der Waals surface area contributed by atoms with Gasteiger partial charge in [-0.25, -0.2) is 0 Å². The number of ketones is 2. The van der Waals surface area contributed by atoms with Gasteiger partial charge in [-0.2, -0.15) is 0 Å². The summed E-state index contributed by atoms with van der Waals surface area (Å²) in [6.07, 6.45) is 0. The molecule has 0 spiro atoms. The van der Waals surface area contributed by atoms with E-state index in [1.807, 2.05) is 6.07 Å². The Balaban J connectivity index is 1.24. The number of fused-ring (bicyclic) bond motifs is 2. The van der Waals surface area contributed by atoms with Gasteiger partial charge in [-0.3, -0.25) is 24.0 Å². The Bertz CT molecular complexity index is 1320. The molecule has 3 aromatic carbocycles. The lowest BCUT2D eigenvalue weighted by Crippen LogP contribution is -2.35. The van der Waals surface area contributed by atoms with E-state index in [1.54, 1.807) is 48.5 Å². The number of hydrogen-bond acceptors (Lipinski definition) is 7. The normalized spacial score (nSPS) is 11.7. The maximum atomic E-state index is 12.8. The quantitative estimate of drug-likeness (QED) is 0.376. The predicted molar refractivity (Wildman–Crippen MR) is 124 cm³/mol. The maximum absolute atomic E-state index is 12.8. The molecule has 0 bridgehead atoms. The highest BCUT2D eigenvalue weighted by atomic mass is 16.5. The summed E-state index contributed by atoms with van der Waals surface area (Å²) in [4.78, 5) is 61.2. The minimum atomic E-state index is -0.809. The lowest BCUT2D eigenvalue weighted by molar-refractivity contribution is -0.147. The van der Waals surface area contributed by atoms with Gasteiger partial charge < -0.3 is 20.1 Å². The van der Waals surface area contributed by atoms with Gasteiger partial charge in [0.2, 0.25) is 0 Å². The zero-order valence-electron chi connectivity index (χ0n) is 18.4. The van der Waals surface area contributed by atoms with Gasteiger partial charge in [0.25, 0.3) is 11.8 Å². The fraction of sp³-hybridized carbons (Fsp3) is 0.115. The van der Waals surface area contributed by atoms with Gasteiger partial charge in [0.1, 0.15) is 12.3 Å². The second-order valence-corrected chi connectivity index (χ2v) is 7.55. The summed E-state index contributed by atoms with van der Waals surface area (Å²) >= 11 is 0. The zero-order valence-corrected chi connectivity index (χ0v) is 18.4. The standard InChI is InChI=1S/C26H20N2O7/c29-22(14-34-17-6-2-1-3-7-17)27-13-24(31)35-15-23(30)28-16-10-11-20-21(12-16)26(33)19-9-5-4-8-18(19)25(20)32/h1-12H,13-15H2,(H,27,29)(H,28,30). The number of esters is 1. The van der Waals surface area contributed by atoms with Crippen LogP contribution < -0.4 is 15.4 Å². The summed E-state index contributed by atoms with van der Waals surface area (Å²) in [6.45, 7) is -1.30. The first kappa shape index (κ1) is 23.4. The Labute approximate surface area is 200 Å². The summed E-state index contributed by atoms with van der Waals surface area (Å²) in [5.41, 5.74) is 1.36. The van der Waals surface area contributed by atoms with Crippen molar-refractivity contribution in [1.82, 2.24) is 5.32 Å². The van der Waals surface area contributed by atoms with E-state index in [0.29, 0.717) is 16.9 Å². The van der Waals surface area contributed by atoms with Gasteiger partial charge in [-0.1, -0.05) is 42.5 Å². The number of hydrogen-bond donors (Lipinski definition) is 2. The van der Waals surface area contributed by atoms with Crippen LogP contribution in [0.3, 0.4) is 0 Å². The van der Waals surface area contributed by atoms with Crippen molar-refractivity contribution in [2.45, 2.75) is 0 Å². The highest BCUT2D eigenvalue weighted by Crippen LogP contribution is 2.29. The minimum absolute atomic E-state index is 0.184. The molecule has 0 saturated carbocycles. The molecule has 3 aromatic rings. The van der Waals surface area contributed by atoms with Gasteiger partial charge >= 0.3 is 5.97 Å². The van der Waals surface area contributed by atoms with Crippen molar-refractivity contribution < 1.29 is 33.4 Å². The maximum Gasteiger partial charge on any atom is 0.325 e. The van der Waals surface area contributed by atoms with E-state index in [9.17, 15) is 24.0 Å². The summed E-state index contributed by atoms with van der Waals surface area (Å²) in [5.74, 6) is -2.05. The molecular formula is C26H20N2O7. The SMILES string of the molecule is O=C(COc1ccccc1)NCC(=O)OCC(=O)Nc1ccc2c(c1)C(=O)c1ccccc1C2=O. The third-order valence-electron chi connectivity index (χ3n) is 5.12. The Morgan fingerprint density at radius 3 is 2.03 bits per heavy atom. The second kappa shape index (κ2) is 10.4. The molecule has 2 amide bonds. The fourth-order valence-electron chi connectivity index (χ4n) is 3.46. The molecule has 2 N–H and O–H groups in total. The fourth-order valence-corrected chi connectivity index (χ4v) is 3.46. The number of nitrogens with one attached hydrogen (secondary N) is 2. The van der Waals surface area contributed by atoms with E-state index in [-0.39, 0.29) is 35.0 Å². The third-order valence-corrected chi connectivity index (χ3v) is 5.12. The lowest BCUT2D eigenvalue weighted by atomic mass is 9.84. The van der Waals surface area contributed by atoms with Gasteiger partial charge in [-0.05, 0) is 30.3 Å². The van der Waals surface area contributed by atoms with Crippen LogP contribution in [-0.2, 0) is 19.1 Å². The molecule has 9 heteroatoms. The van der Waals surface area contributed by atoms with E-state index in [1.165, 1.54) is 18.2 Å². The smallest absolute Gasteiger partial charge is 0.325 e. The Morgan fingerprint density at radius 2 is 1.31 bits per heavy atom. The first-order valence-electron chi connectivity index (χ1n) is 10.6. The molecule has 0 aliphatic heterocycles. The van der Waals surface area contributed by atoms with Crippen LogP contribution in [0.5, 0.6) is 5.75 Å². The number of benzene rings is 3. The van der Waals surface area contributed by atoms with Crippen molar-refractivity contribution in [3.05, 3.63) is 95.1 Å². The first-order valence-corrected chi connectivity index (χ1v) is 10.6. The highest BCUT2D eigenvalue weighted by molar-refractivity contribution is 6.28.